The molecule has 0 aliphatic heterocycles. The van der Waals surface area contributed by atoms with Crippen molar-refractivity contribution in [2.24, 2.45) is 0 Å². The molecule has 0 amide bonds. The van der Waals surface area contributed by atoms with Crippen molar-refractivity contribution >= 4 is 0 Å². The molecule has 0 radical (unpaired) electrons. The van der Waals surface area contributed by atoms with Crippen LogP contribution in [0.2, 0.25) is 0 Å². The Hall–Kier alpha value is -1.13. The SMILES string of the molecule is CCOC1CC(O)(c2cncc(OC(C)C)c2)C1. The Morgan fingerprint density at radius 1 is 1.44 bits per heavy atom. The van der Waals surface area contributed by atoms with Crippen LogP contribution in [0.25, 0.3) is 0 Å². The number of hydrogen-bond donors (Lipinski definition) is 1. The lowest BCUT2D eigenvalue weighted by atomic mass is 9.73. The molecule has 0 saturated heterocycles. The maximum atomic E-state index is 10.5. The van der Waals surface area contributed by atoms with E-state index in [0.717, 1.165) is 5.56 Å². The second kappa shape index (κ2) is 5.24. The van der Waals surface area contributed by atoms with Gasteiger partial charge < -0.3 is 14.6 Å². The maximum Gasteiger partial charge on any atom is 0.138 e. The zero-order valence-corrected chi connectivity index (χ0v) is 11.2. The first-order valence-corrected chi connectivity index (χ1v) is 6.49. The molecule has 1 aliphatic rings. The predicted octanol–water partition coefficient (Wildman–Crippen LogP) is 2.26. The van der Waals surface area contributed by atoms with Crippen molar-refractivity contribution in [2.75, 3.05) is 6.61 Å². The van der Waals surface area contributed by atoms with Gasteiger partial charge in [-0.05, 0) is 26.8 Å². The summed E-state index contributed by atoms with van der Waals surface area (Å²) in [5.74, 6) is 0.704. The monoisotopic (exact) mass is 251 g/mol. The lowest BCUT2D eigenvalue weighted by Crippen LogP contribution is -2.46. The van der Waals surface area contributed by atoms with Crippen LogP contribution in [0.5, 0.6) is 5.75 Å². The summed E-state index contributed by atoms with van der Waals surface area (Å²) in [6.45, 7) is 6.59. The summed E-state index contributed by atoms with van der Waals surface area (Å²) in [5, 5.41) is 10.5. The van der Waals surface area contributed by atoms with Crippen LogP contribution in [0.4, 0.5) is 0 Å². The van der Waals surface area contributed by atoms with Gasteiger partial charge in [-0.25, -0.2) is 0 Å². The Balaban J connectivity index is 2.05. The van der Waals surface area contributed by atoms with Crippen LogP contribution < -0.4 is 4.74 Å². The molecule has 1 N–H and O–H groups in total. The van der Waals surface area contributed by atoms with Gasteiger partial charge in [0.1, 0.15) is 5.75 Å². The average Bonchev–Trinajstić information content (AvgIpc) is 2.26. The summed E-state index contributed by atoms with van der Waals surface area (Å²) in [6, 6.07) is 1.87. The summed E-state index contributed by atoms with van der Waals surface area (Å²) in [6.07, 6.45) is 4.91. The molecule has 0 unspecified atom stereocenters. The summed E-state index contributed by atoms with van der Waals surface area (Å²) >= 11 is 0. The van der Waals surface area contributed by atoms with E-state index in [-0.39, 0.29) is 12.2 Å². The number of rotatable bonds is 5. The van der Waals surface area contributed by atoms with E-state index in [2.05, 4.69) is 4.98 Å². The van der Waals surface area contributed by atoms with Crippen LogP contribution in [0.15, 0.2) is 18.5 Å². The third-order valence-electron chi connectivity index (χ3n) is 3.16. The van der Waals surface area contributed by atoms with Crippen LogP contribution in [0.1, 0.15) is 39.2 Å². The molecule has 4 nitrogen and oxygen atoms in total. The first-order chi connectivity index (χ1) is 8.53. The van der Waals surface area contributed by atoms with Crippen molar-refractivity contribution in [3.05, 3.63) is 24.0 Å². The van der Waals surface area contributed by atoms with E-state index in [1.54, 1.807) is 12.4 Å². The summed E-state index contributed by atoms with van der Waals surface area (Å²) < 4.78 is 11.1. The van der Waals surface area contributed by atoms with Crippen molar-refractivity contribution in [3.8, 4) is 5.75 Å². The van der Waals surface area contributed by atoms with E-state index < -0.39 is 5.60 Å². The van der Waals surface area contributed by atoms with E-state index in [1.165, 1.54) is 0 Å². The van der Waals surface area contributed by atoms with Gasteiger partial charge in [-0.15, -0.1) is 0 Å². The minimum Gasteiger partial charge on any atom is -0.489 e. The van der Waals surface area contributed by atoms with Gasteiger partial charge in [0, 0.05) is 31.2 Å². The summed E-state index contributed by atoms with van der Waals surface area (Å²) in [7, 11) is 0. The van der Waals surface area contributed by atoms with Gasteiger partial charge >= 0.3 is 0 Å². The molecule has 2 rings (SSSR count). The molecule has 1 aromatic rings. The summed E-state index contributed by atoms with van der Waals surface area (Å²) in [5.41, 5.74) is 0.0139. The zero-order valence-electron chi connectivity index (χ0n) is 11.2. The quantitative estimate of drug-likeness (QED) is 0.872. The lowest BCUT2D eigenvalue weighted by molar-refractivity contribution is -0.142. The number of hydrogen-bond acceptors (Lipinski definition) is 4. The molecule has 1 aromatic heterocycles. The smallest absolute Gasteiger partial charge is 0.138 e. The van der Waals surface area contributed by atoms with Crippen molar-refractivity contribution in [2.45, 2.75) is 51.4 Å². The van der Waals surface area contributed by atoms with E-state index >= 15 is 0 Å². The molecule has 100 valence electrons. The largest absolute Gasteiger partial charge is 0.489 e. The van der Waals surface area contributed by atoms with Crippen molar-refractivity contribution in [1.82, 2.24) is 4.98 Å². The predicted molar refractivity (Wildman–Crippen MR) is 68.5 cm³/mol. The molecule has 0 bridgehead atoms. The molecule has 1 fully saturated rings. The molecule has 0 atom stereocenters. The number of nitrogens with zero attached hydrogens (tertiary/aromatic N) is 1. The molecule has 4 heteroatoms. The highest BCUT2D eigenvalue weighted by molar-refractivity contribution is 5.30. The fourth-order valence-electron chi connectivity index (χ4n) is 2.29. The first-order valence-electron chi connectivity index (χ1n) is 6.49. The van der Waals surface area contributed by atoms with E-state index in [9.17, 15) is 5.11 Å². The number of aliphatic hydroxyl groups is 1. The van der Waals surface area contributed by atoms with Crippen LogP contribution in [0.3, 0.4) is 0 Å². The highest BCUT2D eigenvalue weighted by Gasteiger charge is 2.45. The van der Waals surface area contributed by atoms with Gasteiger partial charge in [0.05, 0.1) is 24.0 Å². The molecule has 1 heterocycles. The molecule has 1 saturated carbocycles. The number of pyridine rings is 1. The molecule has 1 aliphatic carbocycles. The maximum absolute atomic E-state index is 10.5. The third kappa shape index (κ3) is 2.82. The summed E-state index contributed by atoms with van der Waals surface area (Å²) in [4.78, 5) is 4.13. The molecule has 0 aromatic carbocycles. The minimum atomic E-state index is -0.802. The third-order valence-corrected chi connectivity index (χ3v) is 3.16. The fourth-order valence-corrected chi connectivity index (χ4v) is 2.29. The minimum absolute atomic E-state index is 0.106. The Bertz CT molecular complexity index is 400. The van der Waals surface area contributed by atoms with Gasteiger partial charge in [0.2, 0.25) is 0 Å². The molecular weight excluding hydrogens is 230 g/mol. The molecular formula is C14H21NO3. The van der Waals surface area contributed by atoms with Gasteiger partial charge in [0.25, 0.3) is 0 Å². The van der Waals surface area contributed by atoms with E-state index in [4.69, 9.17) is 9.47 Å². The average molecular weight is 251 g/mol. The van der Waals surface area contributed by atoms with Crippen LogP contribution in [0, 0.1) is 0 Å². The van der Waals surface area contributed by atoms with Crippen LogP contribution >= 0.6 is 0 Å². The Morgan fingerprint density at radius 2 is 2.17 bits per heavy atom. The normalized spacial score (nSPS) is 27.1. The van der Waals surface area contributed by atoms with E-state index in [1.807, 2.05) is 26.8 Å². The van der Waals surface area contributed by atoms with Crippen LogP contribution in [-0.4, -0.2) is 28.9 Å². The van der Waals surface area contributed by atoms with Crippen molar-refractivity contribution in [1.29, 1.82) is 0 Å². The Kier molecular flexibility index (Phi) is 3.88. The second-order valence-electron chi connectivity index (χ2n) is 5.09. The Labute approximate surface area is 108 Å². The fraction of sp³-hybridized carbons (Fsp3) is 0.643. The topological polar surface area (TPSA) is 51.6 Å². The van der Waals surface area contributed by atoms with Gasteiger partial charge in [0.15, 0.2) is 0 Å². The van der Waals surface area contributed by atoms with Crippen molar-refractivity contribution < 1.29 is 14.6 Å². The second-order valence-corrected chi connectivity index (χ2v) is 5.09. The van der Waals surface area contributed by atoms with Gasteiger partial charge in [-0.1, -0.05) is 0 Å². The van der Waals surface area contributed by atoms with Crippen molar-refractivity contribution in [3.63, 3.8) is 0 Å². The molecule has 18 heavy (non-hydrogen) atoms. The van der Waals surface area contributed by atoms with Crippen LogP contribution in [-0.2, 0) is 10.3 Å². The highest BCUT2D eigenvalue weighted by Crippen LogP contribution is 2.43. The number of ether oxygens (including phenoxy) is 2. The van der Waals surface area contributed by atoms with Gasteiger partial charge in [-0.3, -0.25) is 4.98 Å². The zero-order chi connectivity index (χ0) is 13.2. The first kappa shape index (κ1) is 13.3. The standard InChI is InChI=1S/C14H21NO3/c1-4-17-13-6-14(16,7-13)11-5-12(9-15-8-11)18-10(2)3/h5,8-10,13,16H,4,6-7H2,1-3H3. The Morgan fingerprint density at radius 3 is 2.78 bits per heavy atom. The molecule has 0 spiro atoms. The number of aromatic nitrogens is 1. The lowest BCUT2D eigenvalue weighted by Gasteiger charge is -2.43. The van der Waals surface area contributed by atoms with E-state index in [0.29, 0.717) is 25.2 Å². The van der Waals surface area contributed by atoms with Gasteiger partial charge in [-0.2, -0.15) is 0 Å². The highest BCUT2D eigenvalue weighted by atomic mass is 16.5.